The van der Waals surface area contributed by atoms with Crippen molar-refractivity contribution in [1.29, 1.82) is 0 Å². The van der Waals surface area contributed by atoms with Crippen LogP contribution >= 0.6 is 0 Å². The van der Waals surface area contributed by atoms with Gasteiger partial charge in [-0.05, 0) is 68.7 Å². The molecule has 1 atom stereocenters. The average molecular weight is 461 g/mol. The van der Waals surface area contributed by atoms with Gasteiger partial charge in [-0.1, -0.05) is 6.07 Å². The maximum Gasteiger partial charge on any atom is 0.243 e. The van der Waals surface area contributed by atoms with E-state index in [1.54, 1.807) is 12.1 Å². The van der Waals surface area contributed by atoms with E-state index < -0.39 is 21.5 Å². The molecule has 2 heterocycles. The van der Waals surface area contributed by atoms with Gasteiger partial charge in [0.05, 0.1) is 23.5 Å². The molecular formula is C23H28N2O6S. The van der Waals surface area contributed by atoms with Crippen molar-refractivity contribution < 1.29 is 27.4 Å². The first kappa shape index (κ1) is 22.4. The topological polar surface area (TPSA) is 94.2 Å². The van der Waals surface area contributed by atoms with Crippen molar-refractivity contribution in [3.8, 4) is 17.2 Å². The summed E-state index contributed by atoms with van der Waals surface area (Å²) in [5.41, 5.74) is 0.225. The third kappa shape index (κ3) is 4.40. The largest absolute Gasteiger partial charge is 0.497 e. The second-order valence-corrected chi connectivity index (χ2v) is 10.5. The number of fused-ring (bicyclic) bond motifs is 1. The molecule has 0 aliphatic carbocycles. The van der Waals surface area contributed by atoms with Gasteiger partial charge in [-0.3, -0.25) is 4.79 Å². The van der Waals surface area contributed by atoms with Crippen LogP contribution in [0.2, 0.25) is 0 Å². The molecule has 0 saturated carbocycles. The zero-order chi connectivity index (χ0) is 22.9. The Kier molecular flexibility index (Phi) is 6.05. The van der Waals surface area contributed by atoms with Crippen LogP contribution in [0.4, 0.5) is 0 Å². The van der Waals surface area contributed by atoms with E-state index in [4.69, 9.17) is 14.2 Å². The molecule has 32 heavy (non-hydrogen) atoms. The number of nitrogens with one attached hydrogen (secondary N) is 1. The Labute approximate surface area is 188 Å². The molecule has 0 spiro atoms. The van der Waals surface area contributed by atoms with E-state index in [0.717, 1.165) is 5.56 Å². The van der Waals surface area contributed by atoms with Gasteiger partial charge in [0, 0.05) is 13.1 Å². The third-order valence-corrected chi connectivity index (χ3v) is 7.86. The molecule has 2 aromatic rings. The second kappa shape index (κ2) is 8.63. The van der Waals surface area contributed by atoms with Gasteiger partial charge in [-0.15, -0.1) is 0 Å². The lowest BCUT2D eigenvalue weighted by atomic mass is 9.91. The van der Waals surface area contributed by atoms with Gasteiger partial charge >= 0.3 is 0 Å². The Morgan fingerprint density at radius 1 is 1.12 bits per heavy atom. The molecule has 8 nitrogen and oxygen atoms in total. The predicted octanol–water partition coefficient (Wildman–Crippen LogP) is 2.88. The first-order valence-corrected chi connectivity index (χ1v) is 12.0. The normalized spacial score (nSPS) is 18.9. The highest BCUT2D eigenvalue weighted by atomic mass is 32.2. The molecule has 2 aliphatic heterocycles. The van der Waals surface area contributed by atoms with Crippen LogP contribution in [-0.4, -0.2) is 45.6 Å². The van der Waals surface area contributed by atoms with Gasteiger partial charge in [0.2, 0.25) is 22.7 Å². The number of ether oxygens (including phenoxy) is 3. The Hall–Kier alpha value is -2.78. The highest BCUT2D eigenvalue weighted by Gasteiger charge is 2.35. The van der Waals surface area contributed by atoms with Gasteiger partial charge in [0.1, 0.15) is 5.75 Å². The van der Waals surface area contributed by atoms with Crippen molar-refractivity contribution >= 4 is 15.9 Å². The maximum atomic E-state index is 13.1. The minimum Gasteiger partial charge on any atom is -0.497 e. The van der Waals surface area contributed by atoms with Gasteiger partial charge < -0.3 is 19.5 Å². The SMILES string of the molecule is COc1ccc(S(=O)(=O)N2CCCC(C(=O)NC(C)(C)c3ccc4c(c3)OCO4)C2)cc1. The minimum atomic E-state index is -3.69. The molecular weight excluding hydrogens is 432 g/mol. The predicted molar refractivity (Wildman–Crippen MR) is 118 cm³/mol. The number of rotatable bonds is 6. The number of amides is 1. The summed E-state index contributed by atoms with van der Waals surface area (Å²) in [6.07, 6.45) is 1.26. The highest BCUT2D eigenvalue weighted by Crippen LogP contribution is 2.36. The van der Waals surface area contributed by atoms with Crippen LogP contribution in [0.15, 0.2) is 47.4 Å². The zero-order valence-electron chi connectivity index (χ0n) is 18.5. The molecule has 0 bridgehead atoms. The summed E-state index contributed by atoms with van der Waals surface area (Å²) < 4.78 is 43.5. The van der Waals surface area contributed by atoms with Crippen molar-refractivity contribution in [2.75, 3.05) is 27.0 Å². The number of methoxy groups -OCH3 is 1. The lowest BCUT2D eigenvalue weighted by Gasteiger charge is -2.34. The number of sulfonamides is 1. The van der Waals surface area contributed by atoms with E-state index in [1.807, 2.05) is 32.0 Å². The summed E-state index contributed by atoms with van der Waals surface area (Å²) >= 11 is 0. The van der Waals surface area contributed by atoms with Crippen LogP contribution in [0, 0.1) is 5.92 Å². The lowest BCUT2D eigenvalue weighted by Crippen LogP contribution is -2.49. The number of piperidine rings is 1. The van der Waals surface area contributed by atoms with E-state index in [0.29, 0.717) is 36.6 Å². The standard InChI is InChI=1S/C23H28N2O6S/c1-23(2,17-6-11-20-21(13-17)31-15-30-20)24-22(26)16-5-4-12-25(14-16)32(27,28)19-9-7-18(29-3)8-10-19/h6-11,13,16H,4-5,12,14-15H2,1-3H3,(H,24,26). The fourth-order valence-corrected chi connectivity index (χ4v) is 5.56. The molecule has 1 unspecified atom stereocenters. The van der Waals surface area contributed by atoms with Gasteiger partial charge in [-0.2, -0.15) is 4.31 Å². The molecule has 2 aromatic carbocycles. The van der Waals surface area contributed by atoms with E-state index in [2.05, 4.69) is 5.32 Å². The maximum absolute atomic E-state index is 13.1. The van der Waals surface area contributed by atoms with Crippen LogP contribution in [0.1, 0.15) is 32.3 Å². The Morgan fingerprint density at radius 2 is 1.84 bits per heavy atom. The fraction of sp³-hybridized carbons (Fsp3) is 0.435. The third-order valence-electron chi connectivity index (χ3n) is 5.98. The number of benzene rings is 2. The number of hydrogen-bond donors (Lipinski definition) is 1. The van der Waals surface area contributed by atoms with Crippen molar-refractivity contribution in [3.05, 3.63) is 48.0 Å². The van der Waals surface area contributed by atoms with Crippen molar-refractivity contribution in [3.63, 3.8) is 0 Å². The molecule has 1 saturated heterocycles. The molecule has 1 fully saturated rings. The van der Waals surface area contributed by atoms with Crippen LogP contribution in [-0.2, 0) is 20.4 Å². The Bertz CT molecular complexity index is 1100. The average Bonchev–Trinajstić information content (AvgIpc) is 3.27. The summed E-state index contributed by atoms with van der Waals surface area (Å²) in [7, 11) is -2.16. The van der Waals surface area contributed by atoms with Crippen LogP contribution < -0.4 is 19.5 Å². The van der Waals surface area contributed by atoms with Gasteiger partial charge in [0.15, 0.2) is 11.5 Å². The summed E-state index contributed by atoms with van der Waals surface area (Å²) in [4.78, 5) is 13.3. The smallest absolute Gasteiger partial charge is 0.243 e. The van der Waals surface area contributed by atoms with Crippen LogP contribution in [0.3, 0.4) is 0 Å². The molecule has 1 N–H and O–H groups in total. The number of hydrogen-bond acceptors (Lipinski definition) is 6. The van der Waals surface area contributed by atoms with E-state index in [9.17, 15) is 13.2 Å². The Balaban J connectivity index is 1.46. The van der Waals surface area contributed by atoms with Crippen molar-refractivity contribution in [2.24, 2.45) is 5.92 Å². The van der Waals surface area contributed by atoms with Crippen molar-refractivity contribution in [1.82, 2.24) is 9.62 Å². The highest BCUT2D eigenvalue weighted by molar-refractivity contribution is 7.89. The zero-order valence-corrected chi connectivity index (χ0v) is 19.3. The number of carbonyl (C=O) groups is 1. The number of nitrogens with zero attached hydrogens (tertiary/aromatic N) is 1. The minimum absolute atomic E-state index is 0.150. The summed E-state index contributed by atoms with van der Waals surface area (Å²) in [5, 5.41) is 3.09. The van der Waals surface area contributed by atoms with Crippen LogP contribution in [0.25, 0.3) is 0 Å². The fourth-order valence-electron chi connectivity index (χ4n) is 4.04. The van der Waals surface area contributed by atoms with Gasteiger partial charge in [0.25, 0.3) is 0 Å². The molecule has 4 rings (SSSR count). The van der Waals surface area contributed by atoms with Crippen molar-refractivity contribution in [2.45, 2.75) is 37.1 Å². The monoisotopic (exact) mass is 460 g/mol. The van der Waals surface area contributed by atoms with E-state index in [1.165, 1.54) is 23.5 Å². The summed E-state index contributed by atoms with van der Waals surface area (Å²) in [5.74, 6) is 1.33. The first-order valence-electron chi connectivity index (χ1n) is 10.6. The second-order valence-electron chi connectivity index (χ2n) is 8.56. The Morgan fingerprint density at radius 3 is 2.56 bits per heavy atom. The molecule has 2 aliphatic rings. The van der Waals surface area contributed by atoms with E-state index >= 15 is 0 Å². The molecule has 0 radical (unpaired) electrons. The van der Waals surface area contributed by atoms with Gasteiger partial charge in [-0.25, -0.2) is 8.42 Å². The lowest BCUT2D eigenvalue weighted by molar-refractivity contribution is -0.127. The molecule has 0 aromatic heterocycles. The first-order chi connectivity index (χ1) is 15.2. The summed E-state index contributed by atoms with van der Waals surface area (Å²) in [6, 6.07) is 11.9. The summed E-state index contributed by atoms with van der Waals surface area (Å²) in [6.45, 7) is 4.56. The molecule has 172 valence electrons. The quantitative estimate of drug-likeness (QED) is 0.713. The number of carbonyl (C=O) groups excluding carboxylic acids is 1. The molecule has 9 heteroatoms. The van der Waals surface area contributed by atoms with Crippen LogP contribution in [0.5, 0.6) is 17.2 Å². The van der Waals surface area contributed by atoms with E-state index in [-0.39, 0.29) is 24.1 Å². The molecule has 1 amide bonds.